The van der Waals surface area contributed by atoms with Crippen LogP contribution in [0.4, 0.5) is 4.39 Å². The molecule has 12 heavy (non-hydrogen) atoms. The Morgan fingerprint density at radius 2 is 2.25 bits per heavy atom. The lowest BCUT2D eigenvalue weighted by molar-refractivity contribution is 0.206. The van der Waals surface area contributed by atoms with Crippen LogP contribution in [0.15, 0.2) is 11.6 Å². The Labute approximate surface area is 73.8 Å². The van der Waals surface area contributed by atoms with Gasteiger partial charge >= 0.3 is 0 Å². The molecule has 1 unspecified atom stereocenters. The topological polar surface area (TPSA) is 26.0 Å². The highest BCUT2D eigenvalue weighted by Gasteiger charge is 2.29. The van der Waals surface area contributed by atoms with Gasteiger partial charge in [0.15, 0.2) is 0 Å². The van der Waals surface area contributed by atoms with Crippen LogP contribution in [0.3, 0.4) is 0 Å². The molecule has 0 radical (unpaired) electrons. The maximum atomic E-state index is 13.4. The van der Waals surface area contributed by atoms with Gasteiger partial charge in [-0.15, -0.1) is 0 Å². The van der Waals surface area contributed by atoms with E-state index in [1.807, 2.05) is 13.8 Å². The van der Waals surface area contributed by atoms with E-state index in [1.54, 1.807) is 6.08 Å². The summed E-state index contributed by atoms with van der Waals surface area (Å²) in [4.78, 5) is 0. The number of allylic oxidation sites excluding steroid dienone is 2. The van der Waals surface area contributed by atoms with E-state index in [1.165, 1.54) is 5.57 Å². The molecule has 0 spiro atoms. The number of hydrogen-bond acceptors (Lipinski definition) is 1. The number of halogens is 1. The van der Waals surface area contributed by atoms with Crippen LogP contribution in [0.1, 0.15) is 27.2 Å². The molecule has 4 atom stereocenters. The Morgan fingerprint density at radius 3 is 2.75 bits per heavy atom. The molecule has 0 fully saturated rings. The first-order chi connectivity index (χ1) is 5.52. The zero-order chi connectivity index (χ0) is 9.30. The third-order valence-corrected chi connectivity index (χ3v) is 2.91. The molecule has 0 aromatic heterocycles. The smallest absolute Gasteiger partial charge is 0.123 e. The zero-order valence-corrected chi connectivity index (χ0v) is 8.05. The van der Waals surface area contributed by atoms with Crippen molar-refractivity contribution < 1.29 is 4.39 Å². The molecule has 0 aliphatic heterocycles. The van der Waals surface area contributed by atoms with E-state index in [4.69, 9.17) is 5.73 Å². The van der Waals surface area contributed by atoms with Gasteiger partial charge in [0.05, 0.1) is 0 Å². The summed E-state index contributed by atoms with van der Waals surface area (Å²) < 4.78 is 13.4. The Morgan fingerprint density at radius 1 is 1.67 bits per heavy atom. The van der Waals surface area contributed by atoms with Crippen LogP contribution >= 0.6 is 0 Å². The molecule has 70 valence electrons. The van der Waals surface area contributed by atoms with Crippen molar-refractivity contribution >= 4 is 0 Å². The van der Waals surface area contributed by atoms with Crippen LogP contribution in [0.2, 0.25) is 0 Å². The zero-order valence-electron chi connectivity index (χ0n) is 8.05. The molecular formula is C10H18FN. The Hall–Kier alpha value is -0.370. The van der Waals surface area contributed by atoms with E-state index in [-0.39, 0.29) is 12.0 Å². The molecule has 1 rings (SSSR count). The largest absolute Gasteiger partial charge is 0.328 e. The predicted molar refractivity (Wildman–Crippen MR) is 49.6 cm³/mol. The summed E-state index contributed by atoms with van der Waals surface area (Å²) in [6.07, 6.45) is 1.78. The van der Waals surface area contributed by atoms with E-state index >= 15 is 0 Å². The molecule has 0 aromatic carbocycles. The second-order valence-electron chi connectivity index (χ2n) is 4.01. The molecule has 0 saturated heterocycles. The van der Waals surface area contributed by atoms with Crippen molar-refractivity contribution in [3.8, 4) is 0 Å². The van der Waals surface area contributed by atoms with Crippen molar-refractivity contribution in [2.45, 2.75) is 39.4 Å². The highest BCUT2D eigenvalue weighted by molar-refractivity contribution is 5.12. The summed E-state index contributed by atoms with van der Waals surface area (Å²) >= 11 is 0. The minimum absolute atomic E-state index is 0.0173. The minimum Gasteiger partial charge on any atom is -0.328 e. The summed E-state index contributed by atoms with van der Waals surface area (Å²) in [5.41, 5.74) is 6.86. The number of nitrogens with two attached hydrogens (primary N) is 1. The summed E-state index contributed by atoms with van der Waals surface area (Å²) in [6.45, 7) is 6.01. The van der Waals surface area contributed by atoms with Crippen LogP contribution in [-0.4, -0.2) is 12.2 Å². The molecule has 0 heterocycles. The first-order valence-electron chi connectivity index (χ1n) is 4.60. The second kappa shape index (κ2) is 3.56. The Bertz CT molecular complexity index is 186. The minimum atomic E-state index is -0.832. The van der Waals surface area contributed by atoms with Gasteiger partial charge in [0.2, 0.25) is 0 Å². The lowest BCUT2D eigenvalue weighted by atomic mass is 9.79. The molecule has 2 N–H and O–H groups in total. The number of hydrogen-bond donors (Lipinski definition) is 1. The van der Waals surface area contributed by atoms with Crippen molar-refractivity contribution in [2.75, 3.05) is 0 Å². The summed E-state index contributed by atoms with van der Waals surface area (Å²) in [6, 6.07) is -0.0354. The molecule has 0 bridgehead atoms. The average Bonchev–Trinajstić information content (AvgIpc) is 1.96. The molecule has 2 heteroatoms. The predicted octanol–water partition coefficient (Wildman–Crippen LogP) is 2.27. The van der Waals surface area contributed by atoms with Crippen molar-refractivity contribution in [3.05, 3.63) is 11.6 Å². The van der Waals surface area contributed by atoms with Crippen LogP contribution in [0, 0.1) is 11.8 Å². The maximum Gasteiger partial charge on any atom is 0.123 e. The highest BCUT2D eigenvalue weighted by atomic mass is 19.1. The quantitative estimate of drug-likeness (QED) is 0.602. The van der Waals surface area contributed by atoms with Gasteiger partial charge in [-0.25, -0.2) is 4.39 Å². The fourth-order valence-corrected chi connectivity index (χ4v) is 1.77. The van der Waals surface area contributed by atoms with Crippen molar-refractivity contribution in [1.29, 1.82) is 0 Å². The fraction of sp³-hybridized carbons (Fsp3) is 0.800. The molecule has 1 aliphatic carbocycles. The third kappa shape index (κ3) is 1.86. The lowest BCUT2D eigenvalue weighted by Gasteiger charge is -2.31. The standard InChI is InChI=1S/C10H18FN/c1-6-4-9(8(3)12)10(11)5-7(6)2/h5-6,8-10H,4,12H2,1-3H3/t6-,8-,9?,10-/m1/s1. The van der Waals surface area contributed by atoms with E-state index in [9.17, 15) is 4.39 Å². The third-order valence-electron chi connectivity index (χ3n) is 2.91. The van der Waals surface area contributed by atoms with Gasteiger partial charge < -0.3 is 5.73 Å². The molecule has 0 amide bonds. The van der Waals surface area contributed by atoms with Gasteiger partial charge in [0.25, 0.3) is 0 Å². The Balaban J connectivity index is 2.72. The van der Waals surface area contributed by atoms with Gasteiger partial charge in [-0.3, -0.25) is 0 Å². The van der Waals surface area contributed by atoms with E-state index < -0.39 is 6.17 Å². The van der Waals surface area contributed by atoms with Crippen molar-refractivity contribution in [3.63, 3.8) is 0 Å². The van der Waals surface area contributed by atoms with Gasteiger partial charge in [-0.2, -0.15) is 0 Å². The fourth-order valence-electron chi connectivity index (χ4n) is 1.77. The Kier molecular flexibility index (Phi) is 2.89. The van der Waals surface area contributed by atoms with Gasteiger partial charge in [0.1, 0.15) is 6.17 Å². The van der Waals surface area contributed by atoms with Crippen LogP contribution in [0.25, 0.3) is 0 Å². The first kappa shape index (κ1) is 9.72. The van der Waals surface area contributed by atoms with Crippen LogP contribution < -0.4 is 5.73 Å². The maximum absolute atomic E-state index is 13.4. The van der Waals surface area contributed by atoms with E-state index in [2.05, 4.69) is 6.92 Å². The summed E-state index contributed by atoms with van der Waals surface area (Å²) in [5.74, 6) is 0.511. The van der Waals surface area contributed by atoms with Gasteiger partial charge in [0, 0.05) is 12.0 Å². The van der Waals surface area contributed by atoms with Crippen LogP contribution in [-0.2, 0) is 0 Å². The summed E-state index contributed by atoms with van der Waals surface area (Å²) in [7, 11) is 0. The highest BCUT2D eigenvalue weighted by Crippen LogP contribution is 2.31. The molecule has 1 nitrogen and oxygen atoms in total. The molecular weight excluding hydrogens is 153 g/mol. The normalized spacial score (nSPS) is 39.1. The monoisotopic (exact) mass is 171 g/mol. The number of rotatable bonds is 1. The van der Waals surface area contributed by atoms with Crippen LogP contribution in [0.5, 0.6) is 0 Å². The first-order valence-corrected chi connectivity index (χ1v) is 4.60. The van der Waals surface area contributed by atoms with Gasteiger partial charge in [-0.1, -0.05) is 18.6 Å². The lowest BCUT2D eigenvalue weighted by Crippen LogP contribution is -2.36. The molecule has 0 aromatic rings. The molecule has 0 saturated carbocycles. The van der Waals surface area contributed by atoms with Crippen molar-refractivity contribution in [1.82, 2.24) is 0 Å². The van der Waals surface area contributed by atoms with E-state index in [0.717, 1.165) is 6.42 Å². The van der Waals surface area contributed by atoms with E-state index in [0.29, 0.717) is 5.92 Å². The van der Waals surface area contributed by atoms with Gasteiger partial charge in [-0.05, 0) is 26.2 Å². The van der Waals surface area contributed by atoms with Crippen molar-refractivity contribution in [2.24, 2.45) is 17.6 Å². The molecule has 1 aliphatic rings. The second-order valence-corrected chi connectivity index (χ2v) is 4.01. The average molecular weight is 171 g/mol. The number of alkyl halides is 1. The SMILES string of the molecule is CC1=C[C@@H](F)C([C@@H](C)N)C[C@H]1C. The summed E-state index contributed by atoms with van der Waals surface area (Å²) in [5, 5.41) is 0.